The summed E-state index contributed by atoms with van der Waals surface area (Å²) in [7, 11) is 0. The van der Waals surface area contributed by atoms with E-state index in [0.29, 0.717) is 24.4 Å². The number of piperazine rings is 1. The number of rotatable bonds is 4. The van der Waals surface area contributed by atoms with E-state index in [0.717, 1.165) is 18.0 Å². The lowest BCUT2D eigenvalue weighted by atomic mass is 10.0. The molecule has 0 aromatic heterocycles. The fraction of sp³-hybridized carbons (Fsp3) is 0.231. The molecule has 4 nitrogen and oxygen atoms in total. The number of amides is 1. The Bertz CT molecular complexity index is 1120. The molecule has 1 heterocycles. The van der Waals surface area contributed by atoms with E-state index in [1.165, 1.54) is 34.0 Å². The Morgan fingerprint density at radius 3 is 2.10 bits per heavy atom. The third-order valence-corrected chi connectivity index (χ3v) is 7.12. The maximum atomic E-state index is 13.2. The highest BCUT2D eigenvalue weighted by Gasteiger charge is 2.35. The number of carbonyl (C=O) groups excluding carboxylic acids is 1. The van der Waals surface area contributed by atoms with Crippen molar-refractivity contribution < 1.29 is 4.79 Å². The van der Waals surface area contributed by atoms with Crippen LogP contribution < -0.4 is 0 Å². The monoisotopic (exact) mass is 425 g/mol. The van der Waals surface area contributed by atoms with Gasteiger partial charge in [0.2, 0.25) is 0 Å². The molecule has 0 N–H and O–H groups in total. The zero-order valence-electron chi connectivity index (χ0n) is 17.2. The van der Waals surface area contributed by atoms with Gasteiger partial charge in [-0.15, -0.1) is 11.8 Å². The van der Waals surface area contributed by atoms with Crippen molar-refractivity contribution >= 4 is 17.7 Å². The van der Waals surface area contributed by atoms with Gasteiger partial charge in [-0.2, -0.15) is 5.26 Å². The molecule has 154 valence electrons. The number of benzene rings is 3. The number of hydrogen-bond donors (Lipinski definition) is 0. The fourth-order valence-electron chi connectivity index (χ4n) is 4.76. The van der Waals surface area contributed by atoms with Crippen LogP contribution in [0.3, 0.4) is 0 Å². The van der Waals surface area contributed by atoms with Crippen molar-refractivity contribution in [2.45, 2.75) is 10.9 Å². The minimum atomic E-state index is 0.0629. The van der Waals surface area contributed by atoms with Gasteiger partial charge in [0.05, 0.1) is 23.4 Å². The van der Waals surface area contributed by atoms with E-state index in [1.54, 1.807) is 0 Å². The summed E-state index contributed by atoms with van der Waals surface area (Å²) < 4.78 is 0. The molecule has 1 fully saturated rings. The SMILES string of the molecule is N#CCSc1ccccc1C(=O)N1CCN(C2c3ccccc3-c3ccccc32)CC1. The van der Waals surface area contributed by atoms with E-state index in [4.69, 9.17) is 5.26 Å². The normalized spacial score (nSPS) is 15.9. The molecule has 2 aliphatic rings. The first-order valence-electron chi connectivity index (χ1n) is 10.6. The Morgan fingerprint density at radius 2 is 1.45 bits per heavy atom. The van der Waals surface area contributed by atoms with Crippen LogP contribution in [0.4, 0.5) is 0 Å². The molecular formula is C26H23N3OS. The molecular weight excluding hydrogens is 402 g/mol. The number of fused-ring (bicyclic) bond motifs is 3. The summed E-state index contributed by atoms with van der Waals surface area (Å²) in [5.41, 5.74) is 6.08. The van der Waals surface area contributed by atoms with Crippen molar-refractivity contribution in [3.8, 4) is 17.2 Å². The second kappa shape index (κ2) is 8.58. The van der Waals surface area contributed by atoms with Crippen LogP contribution in [0.2, 0.25) is 0 Å². The molecule has 1 aliphatic carbocycles. The molecule has 31 heavy (non-hydrogen) atoms. The van der Waals surface area contributed by atoms with Crippen molar-refractivity contribution in [2.24, 2.45) is 0 Å². The lowest BCUT2D eigenvalue weighted by Gasteiger charge is -2.39. The first-order valence-corrected chi connectivity index (χ1v) is 11.6. The summed E-state index contributed by atoms with van der Waals surface area (Å²) in [6, 6.07) is 27.4. The lowest BCUT2D eigenvalue weighted by Crippen LogP contribution is -2.49. The van der Waals surface area contributed by atoms with Crippen LogP contribution in [-0.2, 0) is 0 Å². The molecule has 0 unspecified atom stereocenters. The van der Waals surface area contributed by atoms with Crippen molar-refractivity contribution in [1.82, 2.24) is 9.80 Å². The molecule has 0 spiro atoms. The van der Waals surface area contributed by atoms with Crippen LogP contribution in [0.1, 0.15) is 27.5 Å². The number of thioether (sulfide) groups is 1. The van der Waals surface area contributed by atoms with Gasteiger partial charge >= 0.3 is 0 Å². The Balaban J connectivity index is 1.34. The van der Waals surface area contributed by atoms with Gasteiger partial charge in [0.15, 0.2) is 0 Å². The first-order chi connectivity index (χ1) is 15.3. The number of carbonyl (C=O) groups is 1. The van der Waals surface area contributed by atoms with Crippen molar-refractivity contribution in [3.05, 3.63) is 89.5 Å². The predicted molar refractivity (Wildman–Crippen MR) is 124 cm³/mol. The Kier molecular flexibility index (Phi) is 5.50. The Labute approximate surface area is 187 Å². The van der Waals surface area contributed by atoms with E-state index in [2.05, 4.69) is 59.5 Å². The molecule has 5 rings (SSSR count). The zero-order valence-corrected chi connectivity index (χ0v) is 18.0. The third-order valence-electron chi connectivity index (χ3n) is 6.18. The van der Waals surface area contributed by atoms with Crippen molar-refractivity contribution in [1.29, 1.82) is 5.26 Å². The fourth-order valence-corrected chi connectivity index (χ4v) is 5.46. The zero-order chi connectivity index (χ0) is 21.2. The molecule has 5 heteroatoms. The summed E-state index contributed by atoms with van der Waals surface area (Å²) in [4.78, 5) is 18.6. The first kappa shape index (κ1) is 19.9. The summed E-state index contributed by atoms with van der Waals surface area (Å²) in [5, 5.41) is 8.91. The van der Waals surface area contributed by atoms with E-state index < -0.39 is 0 Å². The van der Waals surface area contributed by atoms with Crippen LogP contribution in [-0.4, -0.2) is 47.6 Å². The highest BCUT2D eigenvalue weighted by Crippen LogP contribution is 2.46. The molecule has 3 aromatic rings. The van der Waals surface area contributed by atoms with Gasteiger partial charge in [-0.25, -0.2) is 0 Å². The van der Waals surface area contributed by atoms with E-state index in [9.17, 15) is 4.79 Å². The minimum absolute atomic E-state index is 0.0629. The molecule has 0 radical (unpaired) electrons. The number of nitrogens with zero attached hydrogens (tertiary/aromatic N) is 3. The number of nitriles is 1. The van der Waals surface area contributed by atoms with Crippen molar-refractivity contribution in [3.63, 3.8) is 0 Å². The standard InChI is InChI=1S/C26H23N3OS/c27-13-18-31-24-12-6-5-11-23(24)26(30)29-16-14-28(15-17-29)25-21-9-3-1-7-19(21)20-8-2-4-10-22(20)25/h1-12,25H,14-18H2. The third kappa shape index (κ3) is 3.63. The summed E-state index contributed by atoms with van der Waals surface area (Å²) >= 11 is 1.43. The maximum absolute atomic E-state index is 13.2. The second-order valence-electron chi connectivity index (χ2n) is 7.85. The van der Waals surface area contributed by atoms with Crippen LogP contribution in [0.25, 0.3) is 11.1 Å². The van der Waals surface area contributed by atoms with Crippen LogP contribution >= 0.6 is 11.8 Å². The minimum Gasteiger partial charge on any atom is -0.336 e. The van der Waals surface area contributed by atoms with Crippen LogP contribution in [0.5, 0.6) is 0 Å². The molecule has 1 saturated heterocycles. The Hall–Kier alpha value is -3.07. The highest BCUT2D eigenvalue weighted by molar-refractivity contribution is 7.99. The van der Waals surface area contributed by atoms with Gasteiger partial charge in [0, 0.05) is 31.1 Å². The largest absolute Gasteiger partial charge is 0.336 e. The second-order valence-corrected chi connectivity index (χ2v) is 8.87. The van der Waals surface area contributed by atoms with Crippen LogP contribution in [0, 0.1) is 11.3 Å². The topological polar surface area (TPSA) is 47.3 Å². The molecule has 3 aromatic carbocycles. The van der Waals surface area contributed by atoms with Crippen molar-refractivity contribution in [2.75, 3.05) is 31.9 Å². The lowest BCUT2D eigenvalue weighted by molar-refractivity contribution is 0.0596. The molecule has 0 saturated carbocycles. The quantitative estimate of drug-likeness (QED) is 0.562. The van der Waals surface area contributed by atoms with Gasteiger partial charge in [0.1, 0.15) is 0 Å². The molecule has 1 aliphatic heterocycles. The average Bonchev–Trinajstić information content (AvgIpc) is 3.17. The number of hydrogen-bond acceptors (Lipinski definition) is 4. The Morgan fingerprint density at radius 1 is 0.871 bits per heavy atom. The van der Waals surface area contributed by atoms with Gasteiger partial charge in [-0.05, 0) is 34.4 Å². The van der Waals surface area contributed by atoms with Crippen LogP contribution in [0.15, 0.2) is 77.7 Å². The van der Waals surface area contributed by atoms with E-state index in [1.807, 2.05) is 29.2 Å². The predicted octanol–water partition coefficient (Wildman–Crippen LogP) is 4.83. The smallest absolute Gasteiger partial charge is 0.255 e. The molecule has 0 bridgehead atoms. The van der Waals surface area contributed by atoms with E-state index >= 15 is 0 Å². The summed E-state index contributed by atoms with van der Waals surface area (Å²) in [5.74, 6) is 0.409. The van der Waals surface area contributed by atoms with Gasteiger partial charge < -0.3 is 4.90 Å². The van der Waals surface area contributed by atoms with Gasteiger partial charge in [0.25, 0.3) is 5.91 Å². The highest BCUT2D eigenvalue weighted by atomic mass is 32.2. The van der Waals surface area contributed by atoms with Gasteiger partial charge in [-0.3, -0.25) is 9.69 Å². The van der Waals surface area contributed by atoms with Gasteiger partial charge in [-0.1, -0.05) is 60.7 Å². The average molecular weight is 426 g/mol. The molecule has 1 amide bonds. The van der Waals surface area contributed by atoms with E-state index in [-0.39, 0.29) is 11.9 Å². The summed E-state index contributed by atoms with van der Waals surface area (Å²) in [6.45, 7) is 3.09. The maximum Gasteiger partial charge on any atom is 0.255 e. The summed E-state index contributed by atoms with van der Waals surface area (Å²) in [6.07, 6.45) is 0. The molecule has 0 atom stereocenters.